The van der Waals surface area contributed by atoms with Crippen LogP contribution in [0.5, 0.6) is 0 Å². The maximum atomic E-state index is 8.56. The van der Waals surface area contributed by atoms with Crippen LogP contribution in [-0.2, 0) is 0 Å². The number of nitrogens with two attached hydrogens (primary N) is 1. The lowest BCUT2D eigenvalue weighted by molar-refractivity contribution is 0.461. The van der Waals surface area contributed by atoms with Crippen molar-refractivity contribution in [1.82, 2.24) is 0 Å². The van der Waals surface area contributed by atoms with Gasteiger partial charge in [-0.2, -0.15) is 0 Å². The summed E-state index contributed by atoms with van der Waals surface area (Å²) in [6.07, 6.45) is 0. The van der Waals surface area contributed by atoms with E-state index in [0.717, 1.165) is 0 Å². The molecule has 0 amide bonds. The van der Waals surface area contributed by atoms with Gasteiger partial charge in [-0.25, -0.2) is 0 Å². The summed E-state index contributed by atoms with van der Waals surface area (Å²) < 4.78 is -0.0632. The SMILES string of the molecule is NC(Cl)/C(Cl)=C(\O)I. The first kappa shape index (κ1) is 8.81. The van der Waals surface area contributed by atoms with E-state index in [2.05, 4.69) is 0 Å². The number of rotatable bonds is 1. The van der Waals surface area contributed by atoms with Gasteiger partial charge in [0.25, 0.3) is 0 Å². The summed E-state index contributed by atoms with van der Waals surface area (Å²) in [7, 11) is 0. The van der Waals surface area contributed by atoms with Crippen molar-refractivity contribution in [3.63, 3.8) is 0 Å². The summed E-state index contributed by atoms with van der Waals surface area (Å²) >= 11 is 12.2. The molecule has 0 fully saturated rings. The maximum absolute atomic E-state index is 8.56. The zero-order valence-electron chi connectivity index (χ0n) is 3.74. The minimum atomic E-state index is -0.798. The standard InChI is InChI=1S/C3H4Cl2INO/c4-1(2(5)7)3(6)8/h2,8H,7H2/b3-1+. The minimum absolute atomic E-state index is 0.0632. The Balaban J connectivity index is 4.00. The van der Waals surface area contributed by atoms with Crippen LogP contribution in [-0.4, -0.2) is 10.6 Å². The molecule has 2 nitrogen and oxygen atoms in total. The highest BCUT2D eigenvalue weighted by molar-refractivity contribution is 14.1. The molecule has 8 heavy (non-hydrogen) atoms. The average molecular weight is 268 g/mol. The molecule has 3 N–H and O–H groups in total. The van der Waals surface area contributed by atoms with Crippen LogP contribution in [0.2, 0.25) is 0 Å². The van der Waals surface area contributed by atoms with Crippen molar-refractivity contribution in [1.29, 1.82) is 0 Å². The van der Waals surface area contributed by atoms with Crippen LogP contribution < -0.4 is 5.73 Å². The van der Waals surface area contributed by atoms with E-state index in [1.165, 1.54) is 0 Å². The molecule has 0 saturated heterocycles. The van der Waals surface area contributed by atoms with Crippen molar-refractivity contribution in [2.45, 2.75) is 5.50 Å². The molecule has 0 spiro atoms. The second kappa shape index (κ2) is 3.76. The fraction of sp³-hybridized carbons (Fsp3) is 0.333. The number of hydrogen-bond acceptors (Lipinski definition) is 2. The molecule has 0 bridgehead atoms. The zero-order chi connectivity index (χ0) is 6.73. The van der Waals surface area contributed by atoms with Gasteiger partial charge in [0.1, 0.15) is 5.50 Å². The number of aliphatic hydroxyl groups excluding tert-OH is 1. The topological polar surface area (TPSA) is 46.2 Å². The molecule has 0 aliphatic rings. The summed E-state index contributed by atoms with van der Waals surface area (Å²) in [4.78, 5) is 0. The third-order valence-electron chi connectivity index (χ3n) is 0.439. The second-order valence-corrected chi connectivity index (χ2v) is 2.94. The van der Waals surface area contributed by atoms with Gasteiger partial charge < -0.3 is 10.8 Å². The summed E-state index contributed by atoms with van der Waals surface area (Å²) in [5, 5.41) is 8.64. The number of alkyl halides is 1. The van der Waals surface area contributed by atoms with Crippen LogP contribution >= 0.6 is 45.8 Å². The first-order valence-corrected chi connectivity index (χ1v) is 3.58. The maximum Gasteiger partial charge on any atom is 0.171 e. The van der Waals surface area contributed by atoms with Crippen LogP contribution in [0.4, 0.5) is 0 Å². The molecule has 0 aromatic heterocycles. The van der Waals surface area contributed by atoms with E-state index >= 15 is 0 Å². The molecule has 0 heterocycles. The molecule has 0 aliphatic heterocycles. The lowest BCUT2D eigenvalue weighted by atomic mass is 10.6. The van der Waals surface area contributed by atoms with E-state index < -0.39 is 5.50 Å². The van der Waals surface area contributed by atoms with Gasteiger partial charge in [-0.1, -0.05) is 23.2 Å². The van der Waals surface area contributed by atoms with Gasteiger partial charge in [0.05, 0.1) is 5.03 Å². The monoisotopic (exact) mass is 267 g/mol. The Bertz CT molecular complexity index is 110. The van der Waals surface area contributed by atoms with Crippen molar-refractivity contribution < 1.29 is 5.11 Å². The van der Waals surface area contributed by atoms with Crippen LogP contribution in [0.1, 0.15) is 0 Å². The third kappa shape index (κ3) is 2.96. The summed E-state index contributed by atoms with van der Waals surface area (Å²) in [6.45, 7) is 0. The molecule has 1 unspecified atom stereocenters. The molecule has 48 valence electrons. The summed E-state index contributed by atoms with van der Waals surface area (Å²) in [5.74, 6) is 0. The lowest BCUT2D eigenvalue weighted by Gasteiger charge is -1.98. The number of aliphatic hydroxyl groups is 1. The lowest BCUT2D eigenvalue weighted by Crippen LogP contribution is -2.12. The fourth-order valence-electron chi connectivity index (χ4n) is 0.114. The van der Waals surface area contributed by atoms with Gasteiger partial charge in [-0.3, -0.25) is 0 Å². The Morgan fingerprint density at radius 2 is 2.12 bits per heavy atom. The summed E-state index contributed by atoms with van der Waals surface area (Å²) in [5.41, 5.74) is 4.25. The van der Waals surface area contributed by atoms with Gasteiger partial charge in [0, 0.05) is 22.6 Å². The van der Waals surface area contributed by atoms with Crippen LogP contribution in [0, 0.1) is 0 Å². The van der Waals surface area contributed by atoms with Gasteiger partial charge in [0.15, 0.2) is 3.77 Å². The van der Waals surface area contributed by atoms with Gasteiger partial charge in [0.2, 0.25) is 0 Å². The second-order valence-electron chi connectivity index (χ2n) is 1.04. The largest absolute Gasteiger partial charge is 0.502 e. The molecule has 0 aromatic carbocycles. The Hall–Kier alpha value is 0.810. The van der Waals surface area contributed by atoms with Crippen molar-refractivity contribution in [2.24, 2.45) is 5.73 Å². The highest BCUT2D eigenvalue weighted by Gasteiger charge is 2.05. The van der Waals surface area contributed by atoms with Crippen molar-refractivity contribution >= 4 is 45.8 Å². The Morgan fingerprint density at radius 3 is 2.12 bits per heavy atom. The average Bonchev–Trinajstić information content (AvgIpc) is 1.64. The predicted molar refractivity (Wildman–Crippen MR) is 43.4 cm³/mol. The zero-order valence-corrected chi connectivity index (χ0v) is 7.41. The van der Waals surface area contributed by atoms with Crippen molar-refractivity contribution in [3.05, 3.63) is 8.80 Å². The van der Waals surface area contributed by atoms with Crippen molar-refractivity contribution in [3.8, 4) is 0 Å². The van der Waals surface area contributed by atoms with E-state index in [9.17, 15) is 0 Å². The first-order chi connectivity index (χ1) is 3.55. The van der Waals surface area contributed by atoms with Crippen LogP contribution in [0.25, 0.3) is 0 Å². The number of hydrogen-bond donors (Lipinski definition) is 2. The third-order valence-corrected chi connectivity index (χ3v) is 2.08. The molecule has 1 atom stereocenters. The van der Waals surface area contributed by atoms with E-state index in [4.69, 9.17) is 34.0 Å². The molecule has 0 aromatic rings. The van der Waals surface area contributed by atoms with E-state index in [0.29, 0.717) is 0 Å². The number of halogens is 3. The quantitative estimate of drug-likeness (QED) is 0.330. The van der Waals surface area contributed by atoms with Crippen LogP contribution in [0.3, 0.4) is 0 Å². The molecule has 5 heteroatoms. The minimum Gasteiger partial charge on any atom is -0.502 e. The molecular weight excluding hydrogens is 264 g/mol. The molecular formula is C3H4Cl2INO. The van der Waals surface area contributed by atoms with Gasteiger partial charge in [-0.05, 0) is 0 Å². The molecule has 0 aliphatic carbocycles. The molecule has 0 rings (SSSR count). The summed E-state index contributed by atoms with van der Waals surface area (Å²) in [6, 6.07) is 0. The van der Waals surface area contributed by atoms with E-state index in [1.807, 2.05) is 0 Å². The van der Waals surface area contributed by atoms with Crippen molar-refractivity contribution in [2.75, 3.05) is 0 Å². The van der Waals surface area contributed by atoms with E-state index in [-0.39, 0.29) is 8.80 Å². The van der Waals surface area contributed by atoms with Crippen LogP contribution in [0.15, 0.2) is 8.80 Å². The molecule has 0 saturated carbocycles. The Kier molecular flexibility index (Phi) is 4.14. The van der Waals surface area contributed by atoms with Gasteiger partial charge >= 0.3 is 0 Å². The first-order valence-electron chi connectivity index (χ1n) is 1.69. The van der Waals surface area contributed by atoms with Gasteiger partial charge in [-0.15, -0.1) is 0 Å². The predicted octanol–water partition coefficient (Wildman–Crippen LogP) is 1.91. The Morgan fingerprint density at radius 1 is 1.75 bits per heavy atom. The molecule has 0 radical (unpaired) electrons. The van der Waals surface area contributed by atoms with E-state index in [1.54, 1.807) is 22.6 Å². The Labute approximate surface area is 70.8 Å². The highest BCUT2D eigenvalue weighted by atomic mass is 127. The smallest absolute Gasteiger partial charge is 0.171 e. The fourth-order valence-corrected chi connectivity index (χ4v) is 0.737. The highest BCUT2D eigenvalue weighted by Crippen LogP contribution is 2.17. The normalized spacial score (nSPS) is 17.5.